The molecule has 3 unspecified atom stereocenters. The van der Waals surface area contributed by atoms with E-state index in [4.69, 9.17) is 15.8 Å². The molecule has 1 aromatic carbocycles. The van der Waals surface area contributed by atoms with E-state index in [1.54, 1.807) is 4.90 Å². The summed E-state index contributed by atoms with van der Waals surface area (Å²) < 4.78 is 0. The summed E-state index contributed by atoms with van der Waals surface area (Å²) in [4.78, 5) is 26.3. The molecule has 6 N–H and O–H groups in total. The zero-order valence-corrected chi connectivity index (χ0v) is 15.2. The van der Waals surface area contributed by atoms with E-state index in [0.717, 1.165) is 5.56 Å². The first-order valence-corrected chi connectivity index (χ1v) is 9.28. The summed E-state index contributed by atoms with van der Waals surface area (Å²) in [6.45, 7) is 0.835. The Hall–Kier alpha value is -1.94. The van der Waals surface area contributed by atoms with Gasteiger partial charge in [-0.1, -0.05) is 30.7 Å². The van der Waals surface area contributed by atoms with Gasteiger partial charge in [-0.25, -0.2) is 0 Å². The lowest BCUT2D eigenvalue weighted by Crippen LogP contribution is -2.56. The molecule has 1 aromatic rings. The third kappa shape index (κ3) is 4.16. The number of hydrogen-bond donors (Lipinski definition) is 5. The van der Waals surface area contributed by atoms with Crippen LogP contribution in [0.4, 0.5) is 0 Å². The molecule has 2 aliphatic heterocycles. The second-order valence-electron chi connectivity index (χ2n) is 7.58. The Kier molecular flexibility index (Phi) is 5.85. The van der Waals surface area contributed by atoms with Crippen molar-refractivity contribution in [3.8, 4) is 0 Å². The van der Waals surface area contributed by atoms with Crippen LogP contribution >= 0.6 is 0 Å². The monoisotopic (exact) mass is 375 g/mol. The number of carboxylic acids is 1. The smallest absolute Gasteiger partial charge is 0.451 e. The maximum Gasteiger partial charge on any atom is 0.451 e. The molecule has 3 rings (SSSR count). The molecule has 9 heteroatoms. The van der Waals surface area contributed by atoms with Gasteiger partial charge in [-0.05, 0) is 30.3 Å². The number of likely N-dealkylation sites (tertiary alicyclic amines) is 1. The fourth-order valence-corrected chi connectivity index (χ4v) is 4.09. The Labute approximate surface area is 158 Å². The van der Waals surface area contributed by atoms with E-state index in [0.29, 0.717) is 25.8 Å². The van der Waals surface area contributed by atoms with Crippen molar-refractivity contribution in [2.24, 2.45) is 11.7 Å². The number of hydrogen-bond acceptors (Lipinski definition) is 6. The van der Waals surface area contributed by atoms with E-state index in [2.05, 4.69) is 5.32 Å². The molecule has 0 saturated carbocycles. The number of carbonyl (C=O) groups excluding carboxylic acids is 1. The fourth-order valence-electron chi connectivity index (χ4n) is 4.09. The van der Waals surface area contributed by atoms with Gasteiger partial charge in [0.05, 0.1) is 6.04 Å². The number of nitrogens with zero attached hydrogens (tertiary/aromatic N) is 1. The largest absolute Gasteiger partial charge is 0.480 e. The van der Waals surface area contributed by atoms with Gasteiger partial charge >= 0.3 is 13.1 Å². The van der Waals surface area contributed by atoms with Crippen molar-refractivity contribution in [3.63, 3.8) is 0 Å². The summed E-state index contributed by atoms with van der Waals surface area (Å²) in [5, 5.41) is 30.8. The molecule has 3 atom stereocenters. The van der Waals surface area contributed by atoms with Crippen molar-refractivity contribution in [1.29, 1.82) is 0 Å². The molecule has 1 saturated heterocycles. The minimum Gasteiger partial charge on any atom is -0.480 e. The van der Waals surface area contributed by atoms with Gasteiger partial charge < -0.3 is 31.1 Å². The summed E-state index contributed by atoms with van der Waals surface area (Å²) in [6.07, 6.45) is 1.58. The molecule has 27 heavy (non-hydrogen) atoms. The molecule has 0 aliphatic carbocycles. The summed E-state index contributed by atoms with van der Waals surface area (Å²) in [5.74, 6) is -1.69. The Bertz CT molecular complexity index is 716. The molecule has 0 bridgehead atoms. The van der Waals surface area contributed by atoms with Gasteiger partial charge in [0.1, 0.15) is 5.54 Å². The number of rotatable bonds is 6. The standard InChI is InChI=1S/C18H26BN3O5/c20-18(17(24)25)11-22(10-14(18)6-3-7-19(26)27)16(23)15-8-12-4-1-2-5-13(12)9-21-15/h1-2,4-5,14-15,21,26-27H,3,6-11,20H2,(H,24,25). The van der Waals surface area contributed by atoms with E-state index < -0.39 is 30.6 Å². The number of amides is 1. The number of nitrogens with two attached hydrogens (primary N) is 1. The van der Waals surface area contributed by atoms with Crippen LogP contribution in [0.3, 0.4) is 0 Å². The Balaban J connectivity index is 1.68. The van der Waals surface area contributed by atoms with Gasteiger partial charge in [0.15, 0.2) is 0 Å². The Morgan fingerprint density at radius 1 is 1.30 bits per heavy atom. The molecular formula is C18H26BN3O5. The van der Waals surface area contributed by atoms with Gasteiger partial charge in [-0.15, -0.1) is 0 Å². The van der Waals surface area contributed by atoms with Gasteiger partial charge in [-0.3, -0.25) is 9.59 Å². The summed E-state index contributed by atoms with van der Waals surface area (Å²) in [5.41, 5.74) is 6.94. The van der Waals surface area contributed by atoms with E-state index in [9.17, 15) is 14.7 Å². The summed E-state index contributed by atoms with van der Waals surface area (Å²) in [7, 11) is -1.42. The van der Waals surface area contributed by atoms with E-state index in [-0.39, 0.29) is 25.3 Å². The highest BCUT2D eigenvalue weighted by molar-refractivity contribution is 6.40. The number of benzene rings is 1. The topological polar surface area (TPSA) is 136 Å². The van der Waals surface area contributed by atoms with Crippen LogP contribution < -0.4 is 11.1 Å². The molecule has 0 aromatic heterocycles. The minimum atomic E-state index is -1.51. The number of carboxylic acid groups (broad SMARTS) is 1. The molecule has 0 spiro atoms. The second-order valence-corrected chi connectivity index (χ2v) is 7.58. The average molecular weight is 375 g/mol. The van der Waals surface area contributed by atoms with Crippen molar-refractivity contribution >= 4 is 19.0 Å². The van der Waals surface area contributed by atoms with E-state index >= 15 is 0 Å². The number of nitrogens with one attached hydrogen (secondary N) is 1. The van der Waals surface area contributed by atoms with Crippen molar-refractivity contribution in [2.75, 3.05) is 13.1 Å². The van der Waals surface area contributed by atoms with Gasteiger partial charge in [0.25, 0.3) is 0 Å². The van der Waals surface area contributed by atoms with Crippen molar-refractivity contribution in [2.45, 2.75) is 43.7 Å². The Morgan fingerprint density at radius 3 is 2.67 bits per heavy atom. The quantitative estimate of drug-likeness (QED) is 0.411. The number of carbonyl (C=O) groups is 2. The fraction of sp³-hybridized carbons (Fsp3) is 0.556. The first kappa shape index (κ1) is 19.8. The zero-order chi connectivity index (χ0) is 19.6. The SMILES string of the molecule is NC1(C(=O)O)CN(C(=O)C2Cc3ccccc3CN2)CC1CCCB(O)O. The predicted molar refractivity (Wildman–Crippen MR) is 99.6 cm³/mol. The number of aliphatic carboxylic acids is 1. The summed E-state index contributed by atoms with van der Waals surface area (Å²) >= 11 is 0. The molecule has 2 heterocycles. The maximum absolute atomic E-state index is 13.0. The molecule has 1 amide bonds. The van der Waals surface area contributed by atoms with E-state index in [1.165, 1.54) is 5.56 Å². The molecule has 8 nitrogen and oxygen atoms in total. The maximum atomic E-state index is 13.0. The zero-order valence-electron chi connectivity index (χ0n) is 15.2. The van der Waals surface area contributed by atoms with Crippen LogP contribution in [0.2, 0.25) is 6.32 Å². The lowest BCUT2D eigenvalue weighted by Gasteiger charge is -2.29. The third-order valence-electron chi connectivity index (χ3n) is 5.73. The summed E-state index contributed by atoms with van der Waals surface area (Å²) in [6, 6.07) is 7.55. The van der Waals surface area contributed by atoms with Crippen molar-refractivity contribution in [3.05, 3.63) is 35.4 Å². The van der Waals surface area contributed by atoms with Crippen LogP contribution in [-0.4, -0.2) is 63.7 Å². The van der Waals surface area contributed by atoms with E-state index in [1.807, 2.05) is 24.3 Å². The van der Waals surface area contributed by atoms with Crippen LogP contribution in [0, 0.1) is 5.92 Å². The van der Waals surface area contributed by atoms with Gasteiger partial charge in [-0.2, -0.15) is 0 Å². The van der Waals surface area contributed by atoms with Crippen molar-refractivity contribution in [1.82, 2.24) is 10.2 Å². The van der Waals surface area contributed by atoms with Crippen molar-refractivity contribution < 1.29 is 24.7 Å². The Morgan fingerprint density at radius 2 is 2.00 bits per heavy atom. The first-order chi connectivity index (χ1) is 12.8. The van der Waals surface area contributed by atoms with Gasteiger partial charge in [0.2, 0.25) is 5.91 Å². The third-order valence-corrected chi connectivity index (χ3v) is 5.73. The molecule has 146 valence electrons. The normalized spacial score (nSPS) is 27.3. The van der Waals surface area contributed by atoms with Crippen LogP contribution in [0.25, 0.3) is 0 Å². The molecular weight excluding hydrogens is 349 g/mol. The van der Waals surface area contributed by atoms with Crippen LogP contribution in [-0.2, 0) is 22.6 Å². The lowest BCUT2D eigenvalue weighted by molar-refractivity contribution is -0.144. The van der Waals surface area contributed by atoms with Crippen LogP contribution in [0.1, 0.15) is 24.0 Å². The average Bonchev–Trinajstić information content (AvgIpc) is 2.98. The molecule has 1 fully saturated rings. The molecule has 2 aliphatic rings. The second kappa shape index (κ2) is 7.98. The highest BCUT2D eigenvalue weighted by Gasteiger charge is 2.51. The predicted octanol–water partition coefficient (Wildman–Crippen LogP) is -0.806. The number of fused-ring (bicyclic) bond motifs is 1. The highest BCUT2D eigenvalue weighted by atomic mass is 16.4. The van der Waals surface area contributed by atoms with Crippen LogP contribution in [0.5, 0.6) is 0 Å². The molecule has 0 radical (unpaired) electrons. The van der Waals surface area contributed by atoms with Gasteiger partial charge in [0, 0.05) is 25.6 Å². The minimum absolute atomic E-state index is 0.0344. The van der Waals surface area contributed by atoms with Crippen LogP contribution in [0.15, 0.2) is 24.3 Å². The first-order valence-electron chi connectivity index (χ1n) is 9.28. The highest BCUT2D eigenvalue weighted by Crippen LogP contribution is 2.31. The lowest BCUT2D eigenvalue weighted by atomic mass is 9.78.